The minimum atomic E-state index is -0.485. The van der Waals surface area contributed by atoms with E-state index in [0.717, 1.165) is 48.0 Å². The van der Waals surface area contributed by atoms with E-state index in [1.165, 1.54) is 23.1 Å². The minimum Gasteiger partial charge on any atom is -0.267 e. The predicted octanol–water partition coefficient (Wildman–Crippen LogP) is 5.20. The first-order chi connectivity index (χ1) is 15.3. The van der Waals surface area contributed by atoms with Crippen LogP contribution in [0.2, 0.25) is 0 Å². The lowest BCUT2D eigenvalue weighted by atomic mass is 9.96. The van der Waals surface area contributed by atoms with Gasteiger partial charge < -0.3 is 0 Å². The van der Waals surface area contributed by atoms with Gasteiger partial charge in [0.05, 0.1) is 15.4 Å². The largest absolute Gasteiger partial charge is 0.285 e. The summed E-state index contributed by atoms with van der Waals surface area (Å²) in [5.41, 5.74) is 4.90. The zero-order valence-corrected chi connectivity index (χ0v) is 19.7. The van der Waals surface area contributed by atoms with Gasteiger partial charge in [-0.05, 0) is 73.3 Å². The molecule has 2 aliphatic rings. The molecule has 1 N–H and O–H groups in total. The van der Waals surface area contributed by atoms with Crippen molar-refractivity contribution in [2.45, 2.75) is 25.7 Å². The quantitative estimate of drug-likeness (QED) is 0.260. The summed E-state index contributed by atoms with van der Waals surface area (Å²) in [6.45, 7) is 0. The third kappa shape index (κ3) is 4.78. The number of carbonyl (C=O) groups excluding carboxylic acids is 2. The average molecular weight is 506 g/mol. The van der Waals surface area contributed by atoms with Crippen LogP contribution in [-0.2, 0) is 17.6 Å². The van der Waals surface area contributed by atoms with Crippen LogP contribution < -0.4 is 5.43 Å². The molecule has 0 saturated carbocycles. The first kappa shape index (κ1) is 22.7. The summed E-state index contributed by atoms with van der Waals surface area (Å²) in [6, 6.07) is 5.85. The van der Waals surface area contributed by atoms with Crippen molar-refractivity contribution in [3.8, 4) is 0 Å². The molecule has 1 fully saturated rings. The van der Waals surface area contributed by atoms with Crippen molar-refractivity contribution in [2.75, 3.05) is 0 Å². The van der Waals surface area contributed by atoms with Crippen LogP contribution in [0.1, 0.15) is 39.2 Å². The van der Waals surface area contributed by atoms with Gasteiger partial charge in [0.2, 0.25) is 0 Å². The van der Waals surface area contributed by atoms with Gasteiger partial charge in [-0.15, -0.1) is 11.3 Å². The second-order valence-electron chi connectivity index (χ2n) is 7.09. The number of rotatable bonds is 5. The van der Waals surface area contributed by atoms with Crippen LogP contribution in [0, 0.1) is 10.1 Å². The van der Waals surface area contributed by atoms with E-state index in [0.29, 0.717) is 11.1 Å². The number of nitro groups is 1. The molecule has 1 saturated heterocycles. The van der Waals surface area contributed by atoms with Crippen molar-refractivity contribution < 1.29 is 14.5 Å². The summed E-state index contributed by atoms with van der Waals surface area (Å²) < 4.78 is 0.207. The van der Waals surface area contributed by atoms with E-state index in [1.54, 1.807) is 29.5 Å². The number of thioether (sulfide) groups is 1. The van der Waals surface area contributed by atoms with Gasteiger partial charge in [0, 0.05) is 27.4 Å². The van der Waals surface area contributed by atoms with E-state index >= 15 is 0 Å². The molecule has 2 amide bonds. The molecule has 1 aromatic carbocycles. The number of nitrogens with one attached hydrogen (secondary N) is 1. The van der Waals surface area contributed by atoms with Gasteiger partial charge in [0.15, 0.2) is 4.32 Å². The molecule has 0 spiro atoms. The molecule has 2 heterocycles. The van der Waals surface area contributed by atoms with Crippen molar-refractivity contribution in [1.29, 1.82) is 0 Å². The Morgan fingerprint density at radius 1 is 1.25 bits per heavy atom. The highest BCUT2D eigenvalue weighted by atomic mass is 35.5. The second kappa shape index (κ2) is 9.53. The maximum Gasteiger partial charge on any atom is 0.285 e. The van der Waals surface area contributed by atoms with E-state index in [4.69, 9.17) is 23.8 Å². The number of aryl methyl sites for hydroxylation is 1. The number of benzene rings is 1. The number of hydrogen-bond donors (Lipinski definition) is 1. The zero-order valence-electron chi connectivity index (χ0n) is 16.5. The van der Waals surface area contributed by atoms with Gasteiger partial charge in [-0.3, -0.25) is 25.1 Å². The normalized spacial score (nSPS) is 17.6. The van der Waals surface area contributed by atoms with E-state index in [2.05, 4.69) is 5.43 Å². The number of non-ortho nitro benzene ring substituents is 1. The molecule has 7 nitrogen and oxygen atoms in total. The van der Waals surface area contributed by atoms with E-state index in [9.17, 15) is 19.7 Å². The Morgan fingerprint density at radius 2 is 1.97 bits per heavy atom. The highest BCUT2D eigenvalue weighted by molar-refractivity contribution is 8.26. The van der Waals surface area contributed by atoms with E-state index < -0.39 is 10.8 Å². The van der Waals surface area contributed by atoms with Gasteiger partial charge >= 0.3 is 0 Å². The summed E-state index contributed by atoms with van der Waals surface area (Å²) in [7, 11) is 0. The lowest BCUT2D eigenvalue weighted by Gasteiger charge is -2.17. The first-order valence-electron chi connectivity index (χ1n) is 9.63. The van der Waals surface area contributed by atoms with Crippen LogP contribution in [0.4, 0.5) is 5.69 Å². The molecule has 4 rings (SSSR count). The molecule has 11 heteroatoms. The van der Waals surface area contributed by atoms with Crippen LogP contribution in [0.15, 0.2) is 45.7 Å². The van der Waals surface area contributed by atoms with Gasteiger partial charge in [0.1, 0.15) is 0 Å². The van der Waals surface area contributed by atoms with Crippen molar-refractivity contribution in [1.82, 2.24) is 10.4 Å². The van der Waals surface area contributed by atoms with E-state index in [-0.39, 0.29) is 25.9 Å². The number of halogens is 1. The van der Waals surface area contributed by atoms with Crippen LogP contribution in [0.5, 0.6) is 0 Å². The maximum absolute atomic E-state index is 12.8. The molecule has 32 heavy (non-hydrogen) atoms. The summed E-state index contributed by atoms with van der Waals surface area (Å²) >= 11 is 14.1. The molecular formula is C21H16ClN3O4S3. The number of carbonyl (C=O) groups is 2. The fourth-order valence-corrected chi connectivity index (χ4v) is 6.02. The number of nitrogens with zero attached hydrogens (tertiary/aromatic N) is 2. The summed E-state index contributed by atoms with van der Waals surface area (Å²) in [5, 5.41) is 13.9. The van der Waals surface area contributed by atoms with Crippen LogP contribution in [0.3, 0.4) is 0 Å². The third-order valence-corrected chi connectivity index (χ3v) is 7.60. The summed E-state index contributed by atoms with van der Waals surface area (Å²) in [6.07, 6.45) is 7.06. The molecule has 0 bridgehead atoms. The van der Waals surface area contributed by atoms with Crippen LogP contribution in [0.25, 0.3) is 6.08 Å². The highest BCUT2D eigenvalue weighted by Crippen LogP contribution is 2.33. The molecule has 0 unspecified atom stereocenters. The zero-order chi connectivity index (χ0) is 22.8. The van der Waals surface area contributed by atoms with Crippen LogP contribution >= 0.6 is 46.9 Å². The fourth-order valence-electron chi connectivity index (χ4n) is 3.43. The molecule has 0 atom stereocenters. The molecule has 2 aromatic rings. The molecular weight excluding hydrogens is 490 g/mol. The maximum atomic E-state index is 12.8. The highest BCUT2D eigenvalue weighted by Gasteiger charge is 2.34. The lowest BCUT2D eigenvalue weighted by molar-refractivity contribution is -0.384. The predicted molar refractivity (Wildman–Crippen MR) is 130 cm³/mol. The smallest absolute Gasteiger partial charge is 0.267 e. The van der Waals surface area contributed by atoms with Gasteiger partial charge in [-0.25, -0.2) is 0 Å². The number of hydrazine groups is 1. The Bertz CT molecular complexity index is 1190. The first-order valence-corrected chi connectivity index (χ1v) is 12.1. The number of thiocarbonyl (C=S) groups is 1. The topological polar surface area (TPSA) is 92.6 Å². The van der Waals surface area contributed by atoms with Crippen molar-refractivity contribution >= 4 is 74.8 Å². The SMILES string of the molecule is O=C(NN1C(=O)/C(=C/C(Cl)=C/c2ccc([N+](=O)[O-])cc2)SC1=S)c1csc2c1CCCC2. The van der Waals surface area contributed by atoms with Gasteiger partial charge in [-0.2, -0.15) is 5.01 Å². The Morgan fingerprint density at radius 3 is 2.69 bits per heavy atom. The number of allylic oxidation sites excluding steroid dienone is 2. The Kier molecular flexibility index (Phi) is 6.75. The Hall–Kier alpha value is -2.53. The number of thiophene rings is 1. The number of amides is 2. The number of nitro benzene ring substituents is 1. The molecule has 0 radical (unpaired) electrons. The van der Waals surface area contributed by atoms with Crippen LogP contribution in [-0.4, -0.2) is 26.1 Å². The molecule has 1 aliphatic carbocycles. The average Bonchev–Trinajstić information content (AvgIpc) is 3.31. The number of fused-ring (bicyclic) bond motifs is 1. The van der Waals surface area contributed by atoms with Crippen molar-refractivity contribution in [3.63, 3.8) is 0 Å². The molecule has 164 valence electrons. The van der Waals surface area contributed by atoms with Gasteiger partial charge in [0.25, 0.3) is 17.5 Å². The minimum absolute atomic E-state index is 0.0261. The summed E-state index contributed by atoms with van der Waals surface area (Å²) in [5.74, 6) is -0.817. The van der Waals surface area contributed by atoms with Crippen molar-refractivity contribution in [2.24, 2.45) is 0 Å². The van der Waals surface area contributed by atoms with E-state index in [1.807, 2.05) is 5.38 Å². The molecule has 1 aliphatic heterocycles. The van der Waals surface area contributed by atoms with Gasteiger partial charge in [-0.1, -0.05) is 23.4 Å². The summed E-state index contributed by atoms with van der Waals surface area (Å²) in [4.78, 5) is 37.4. The fraction of sp³-hybridized carbons (Fsp3) is 0.190. The number of hydrogen-bond acceptors (Lipinski definition) is 7. The third-order valence-electron chi connectivity index (χ3n) is 4.99. The second-order valence-corrected chi connectivity index (χ2v) is 10.2. The molecule has 1 aromatic heterocycles. The van der Waals surface area contributed by atoms with Crippen molar-refractivity contribution in [3.05, 3.63) is 77.3 Å². The Balaban J connectivity index is 1.47. The Labute approximate surface area is 202 Å². The lowest BCUT2D eigenvalue weighted by Crippen LogP contribution is -2.45. The standard InChI is InChI=1S/C21H16ClN3O4S3/c22-13(9-12-5-7-14(8-6-12)25(28)29)10-18-20(27)24(21(30)32-18)23-19(26)16-11-31-17-4-2-1-3-15(16)17/h5-11H,1-4H2,(H,23,26)/b13-9-,18-10-. The monoisotopic (exact) mass is 505 g/mol.